The number of hydrogen-bond donors (Lipinski definition) is 10. The van der Waals surface area contributed by atoms with Crippen molar-refractivity contribution in [3.05, 3.63) is 18.2 Å². The number of imidazole rings is 1. The molecule has 0 aromatic carbocycles. The molecule has 0 unspecified atom stereocenters. The minimum Gasteiger partial charge on any atom is -0.862 e. The molecule has 1 fully saturated rings. The number of aliphatic imine (C=N–C) groups is 1. The number of aliphatic hydroxyl groups is 2. The minimum atomic E-state index is -1.59. The van der Waals surface area contributed by atoms with Crippen LogP contribution in [0.4, 0.5) is 0 Å². The zero-order chi connectivity index (χ0) is 35.1. The van der Waals surface area contributed by atoms with E-state index in [1.165, 1.54) is 19.3 Å². The van der Waals surface area contributed by atoms with Gasteiger partial charge in [-0.25, -0.2) is 4.98 Å². The lowest BCUT2D eigenvalue weighted by atomic mass is 10.1. The summed E-state index contributed by atoms with van der Waals surface area (Å²) in [7, 11) is 1.94. The van der Waals surface area contributed by atoms with Gasteiger partial charge in [0, 0.05) is 30.3 Å². The molecule has 0 saturated carbocycles. The smallest absolute Gasteiger partial charge is 0.246 e. The Labute approximate surface area is 276 Å². The van der Waals surface area contributed by atoms with Crippen LogP contribution in [-0.4, -0.2) is 135 Å². The quantitative estimate of drug-likeness (QED) is 0.0750. The average Bonchev–Trinajstić information content (AvgIpc) is 3.53. The number of nitrogens with one attached hydrogen (secondary N) is 7. The number of carbonyl (C=O) groups is 7. The molecule has 0 aliphatic carbocycles. The summed E-state index contributed by atoms with van der Waals surface area (Å²) in [5.74, 6) is -7.13. The number of primary amides is 1. The Bertz CT molecular complexity index is 1310. The summed E-state index contributed by atoms with van der Waals surface area (Å²) < 4.78 is 0. The van der Waals surface area contributed by atoms with Crippen LogP contribution < -0.4 is 42.7 Å². The summed E-state index contributed by atoms with van der Waals surface area (Å²) >= 11 is 0. The Balaban J connectivity index is 2.36. The first-order valence-electron chi connectivity index (χ1n) is 14.0. The topological polar surface area (TPSA) is 322 Å². The monoisotopic (exact) mass is 701 g/mol. The second-order valence-electron chi connectivity index (χ2n) is 9.99. The molecule has 1 aliphatic heterocycles. The maximum Gasteiger partial charge on any atom is 0.246 e. The summed E-state index contributed by atoms with van der Waals surface area (Å²) in [6, 6.07) is -8.37. The van der Waals surface area contributed by atoms with E-state index in [2.05, 4.69) is 46.9 Å². The van der Waals surface area contributed by atoms with Gasteiger partial charge >= 0.3 is 0 Å². The SMILES string of the molecule is CC([O-])=N[C@@H]1CSSC[C@H](C(N)=O)NC(=O)[C@H](CO)NC(=O)[C@H](C)NC(=O)CNC(=O)[C@H](Cc2ncc[nH]2)NC(=O)[C@H](CO)NC1=O. The van der Waals surface area contributed by atoms with Crippen molar-refractivity contribution in [2.24, 2.45) is 10.7 Å². The van der Waals surface area contributed by atoms with Gasteiger partial charge in [-0.1, -0.05) is 21.6 Å². The molecule has 6 atom stereocenters. The van der Waals surface area contributed by atoms with Crippen molar-refractivity contribution >= 4 is 68.8 Å². The highest BCUT2D eigenvalue weighted by molar-refractivity contribution is 8.76. The lowest BCUT2D eigenvalue weighted by Gasteiger charge is -2.23. The van der Waals surface area contributed by atoms with Crippen molar-refractivity contribution in [2.45, 2.75) is 56.5 Å². The van der Waals surface area contributed by atoms with Gasteiger partial charge in [-0.3, -0.25) is 38.6 Å². The number of aliphatic hydroxyl groups excluding tert-OH is 2. The van der Waals surface area contributed by atoms with Crippen molar-refractivity contribution in [1.29, 1.82) is 0 Å². The second-order valence-corrected chi connectivity index (χ2v) is 12.5. The maximum atomic E-state index is 13.1. The van der Waals surface area contributed by atoms with Crippen LogP contribution in [0.15, 0.2) is 17.4 Å². The first-order valence-corrected chi connectivity index (χ1v) is 16.5. The Kier molecular flexibility index (Phi) is 15.9. The number of nitrogens with two attached hydrogens (primary N) is 1. The van der Waals surface area contributed by atoms with Gasteiger partial charge in [-0.15, -0.1) is 0 Å². The molecule has 47 heavy (non-hydrogen) atoms. The molecular formula is C25H37N10O10S2-. The molecule has 1 aliphatic rings. The third kappa shape index (κ3) is 13.1. The predicted molar refractivity (Wildman–Crippen MR) is 166 cm³/mol. The fraction of sp³-hybridized carbons (Fsp3) is 0.560. The van der Waals surface area contributed by atoms with E-state index in [1.54, 1.807) is 0 Å². The van der Waals surface area contributed by atoms with Crippen molar-refractivity contribution in [3.63, 3.8) is 0 Å². The lowest BCUT2D eigenvalue weighted by Crippen LogP contribution is -2.58. The molecular weight excluding hydrogens is 664 g/mol. The molecule has 22 heteroatoms. The van der Waals surface area contributed by atoms with Gasteiger partial charge in [0.25, 0.3) is 0 Å². The molecule has 20 nitrogen and oxygen atoms in total. The summed E-state index contributed by atoms with van der Waals surface area (Å²) in [6.45, 7) is -0.0623. The molecule has 0 radical (unpaired) electrons. The number of aromatic amines is 1. The highest BCUT2D eigenvalue weighted by Gasteiger charge is 2.31. The Morgan fingerprint density at radius 1 is 0.915 bits per heavy atom. The number of carbonyl (C=O) groups excluding carboxylic acids is 7. The van der Waals surface area contributed by atoms with Crippen molar-refractivity contribution in [2.75, 3.05) is 31.3 Å². The summed E-state index contributed by atoms with van der Waals surface area (Å²) in [4.78, 5) is 99.5. The Morgan fingerprint density at radius 3 is 2.09 bits per heavy atom. The van der Waals surface area contributed by atoms with E-state index in [9.17, 15) is 48.9 Å². The van der Waals surface area contributed by atoms with Crippen molar-refractivity contribution < 1.29 is 48.9 Å². The van der Waals surface area contributed by atoms with Crippen molar-refractivity contribution in [1.82, 2.24) is 41.9 Å². The average molecular weight is 702 g/mol. The molecule has 0 spiro atoms. The Hall–Kier alpha value is -4.41. The standard InChI is InChI=1S/C25H38N10O10S2/c1-11-21(41)33-14(7-36)24(44)35-16(20(26)40)9-46-47-10-17(31-12(2)38)25(45)34-15(8-37)23(43)32-13(5-18-27-3-4-28-18)22(42)29-6-19(39)30-11/h3-4,11,13-17,36-37H,5-10H2,1-2H3,(H2,26,40)(H,27,28)(H,29,42)(H,30,39)(H,31,38)(H,32,43)(H,33,41)(H,34,45)(H,35,44)/p-1/t11-,13-,14-,15-,16+,17+/m0/s1. The van der Waals surface area contributed by atoms with Crippen LogP contribution in [0, 0.1) is 0 Å². The molecule has 260 valence electrons. The van der Waals surface area contributed by atoms with Crippen LogP contribution in [0.5, 0.6) is 0 Å². The third-order valence-corrected chi connectivity index (χ3v) is 8.66. The van der Waals surface area contributed by atoms with E-state index in [0.717, 1.165) is 28.5 Å². The van der Waals surface area contributed by atoms with Crippen LogP contribution in [0.25, 0.3) is 0 Å². The van der Waals surface area contributed by atoms with Crippen LogP contribution in [-0.2, 0) is 40.0 Å². The minimum absolute atomic E-state index is 0.140. The number of hydrogen-bond acceptors (Lipinski definition) is 14. The van der Waals surface area contributed by atoms with Gasteiger partial charge in [0.1, 0.15) is 42.1 Å². The van der Waals surface area contributed by atoms with Crippen molar-refractivity contribution in [3.8, 4) is 0 Å². The van der Waals surface area contributed by atoms with Gasteiger partial charge in [-0.05, 0) is 19.7 Å². The predicted octanol–water partition coefficient (Wildman–Crippen LogP) is -6.48. The number of amides is 7. The third-order valence-electron chi connectivity index (χ3n) is 6.25. The van der Waals surface area contributed by atoms with Gasteiger partial charge in [0.05, 0.1) is 19.8 Å². The molecule has 1 aromatic heterocycles. The van der Waals surface area contributed by atoms with Gasteiger partial charge in [0.15, 0.2) is 0 Å². The molecule has 1 saturated heterocycles. The van der Waals surface area contributed by atoms with E-state index in [0.29, 0.717) is 0 Å². The zero-order valence-corrected chi connectivity index (χ0v) is 26.9. The molecule has 0 bridgehead atoms. The zero-order valence-electron chi connectivity index (χ0n) is 25.3. The molecule has 7 amide bonds. The molecule has 2 heterocycles. The highest BCUT2D eigenvalue weighted by Crippen LogP contribution is 2.24. The van der Waals surface area contributed by atoms with Crippen LogP contribution in [0.1, 0.15) is 19.7 Å². The molecule has 2 rings (SSSR count). The summed E-state index contributed by atoms with van der Waals surface area (Å²) in [6.07, 6.45) is 2.68. The number of aromatic nitrogens is 2. The summed E-state index contributed by atoms with van der Waals surface area (Å²) in [5, 5.41) is 45.2. The number of rotatable bonds is 6. The lowest BCUT2D eigenvalue weighted by molar-refractivity contribution is -0.216. The van der Waals surface area contributed by atoms with Gasteiger partial charge in [-0.2, -0.15) is 0 Å². The highest BCUT2D eigenvalue weighted by atomic mass is 33.1. The Morgan fingerprint density at radius 2 is 1.51 bits per heavy atom. The largest absolute Gasteiger partial charge is 0.862 e. The van der Waals surface area contributed by atoms with Gasteiger partial charge < -0.3 is 57.9 Å². The summed E-state index contributed by atoms with van der Waals surface area (Å²) in [5.41, 5.74) is 5.39. The van der Waals surface area contributed by atoms with Crippen LogP contribution >= 0.6 is 21.6 Å². The molecule has 11 N–H and O–H groups in total. The number of nitrogens with zero attached hydrogens (tertiary/aromatic N) is 2. The van der Waals surface area contributed by atoms with Crippen LogP contribution in [0.2, 0.25) is 0 Å². The molecule has 1 aromatic rings. The fourth-order valence-electron chi connectivity index (χ4n) is 3.77. The van der Waals surface area contributed by atoms with E-state index in [4.69, 9.17) is 5.73 Å². The second kappa shape index (κ2) is 19.3. The van der Waals surface area contributed by atoms with Gasteiger partial charge in [0.2, 0.25) is 41.4 Å². The first-order chi connectivity index (χ1) is 22.2. The maximum absolute atomic E-state index is 13.1. The van der Waals surface area contributed by atoms with E-state index < -0.39 is 103 Å². The normalized spacial score (nSPS) is 26.9. The van der Waals surface area contributed by atoms with E-state index in [1.807, 2.05) is 0 Å². The van der Waals surface area contributed by atoms with E-state index >= 15 is 0 Å². The van der Waals surface area contributed by atoms with Crippen LogP contribution in [0.3, 0.4) is 0 Å². The first kappa shape index (κ1) is 38.8. The van der Waals surface area contributed by atoms with E-state index in [-0.39, 0.29) is 23.8 Å². The number of H-pyrrole nitrogens is 1. The fourth-order valence-corrected chi connectivity index (χ4v) is 6.08.